The van der Waals surface area contributed by atoms with Crippen LogP contribution in [-0.2, 0) is 65.4 Å². The first-order valence-electron chi connectivity index (χ1n) is 42.7. The third-order valence-electron chi connectivity index (χ3n) is 19.7. The number of carbonyl (C=O) groups is 4. The molecule has 606 valence electrons. The van der Waals surface area contributed by atoms with Crippen molar-refractivity contribution in [2.75, 3.05) is 39.6 Å². The van der Waals surface area contributed by atoms with Gasteiger partial charge in [0.2, 0.25) is 0 Å². The van der Waals surface area contributed by atoms with Gasteiger partial charge in [0.05, 0.1) is 26.4 Å². The molecular formula is C83H162O17P2. The van der Waals surface area contributed by atoms with Crippen molar-refractivity contribution in [1.82, 2.24) is 0 Å². The van der Waals surface area contributed by atoms with Crippen molar-refractivity contribution < 1.29 is 80.2 Å². The average molecular weight is 1490 g/mol. The summed E-state index contributed by atoms with van der Waals surface area (Å²) in [5, 5.41) is 10.7. The van der Waals surface area contributed by atoms with Gasteiger partial charge in [-0.25, -0.2) is 9.13 Å². The zero-order chi connectivity index (χ0) is 75.3. The molecule has 0 fully saturated rings. The predicted molar refractivity (Wildman–Crippen MR) is 418 cm³/mol. The van der Waals surface area contributed by atoms with Crippen LogP contribution in [-0.4, -0.2) is 96.7 Å². The highest BCUT2D eigenvalue weighted by atomic mass is 31.2. The maximum atomic E-state index is 13.1. The van der Waals surface area contributed by atoms with Crippen LogP contribution >= 0.6 is 15.6 Å². The van der Waals surface area contributed by atoms with E-state index >= 15 is 0 Å². The fourth-order valence-corrected chi connectivity index (χ4v) is 14.3. The monoisotopic (exact) mass is 1490 g/mol. The molecule has 0 spiro atoms. The third-order valence-corrected chi connectivity index (χ3v) is 21.6. The first kappa shape index (κ1) is 100. The number of rotatable bonds is 80. The zero-order valence-corrected chi connectivity index (χ0v) is 69.0. The molecule has 3 N–H and O–H groups in total. The highest BCUT2D eigenvalue weighted by Crippen LogP contribution is 2.45. The first-order chi connectivity index (χ1) is 49.1. The summed E-state index contributed by atoms with van der Waals surface area (Å²) in [7, 11) is -9.92. The van der Waals surface area contributed by atoms with Crippen LogP contribution in [0.4, 0.5) is 0 Å². The van der Waals surface area contributed by atoms with Gasteiger partial charge in [-0.05, 0) is 49.4 Å². The van der Waals surface area contributed by atoms with E-state index in [0.29, 0.717) is 31.6 Å². The Balaban J connectivity index is 5.20. The number of unbranched alkanes of at least 4 members (excludes halogenated alkanes) is 45. The second-order valence-electron chi connectivity index (χ2n) is 31.5. The van der Waals surface area contributed by atoms with Crippen LogP contribution in [0.25, 0.3) is 0 Å². The van der Waals surface area contributed by atoms with Crippen LogP contribution in [0.2, 0.25) is 0 Å². The van der Waals surface area contributed by atoms with Gasteiger partial charge in [0.25, 0.3) is 0 Å². The maximum Gasteiger partial charge on any atom is 0.472 e. The number of ether oxygens (including phenoxy) is 4. The molecule has 17 nitrogen and oxygen atoms in total. The summed E-state index contributed by atoms with van der Waals surface area (Å²) < 4.78 is 68.8. The van der Waals surface area contributed by atoms with Crippen LogP contribution in [0.3, 0.4) is 0 Å². The lowest BCUT2D eigenvalue weighted by Crippen LogP contribution is -2.30. The minimum absolute atomic E-state index is 0.107. The quantitative estimate of drug-likeness (QED) is 0.0222. The van der Waals surface area contributed by atoms with Crippen molar-refractivity contribution in [3.63, 3.8) is 0 Å². The second-order valence-corrected chi connectivity index (χ2v) is 34.4. The molecule has 102 heavy (non-hydrogen) atoms. The number of phosphoric ester groups is 2. The normalized spacial score (nSPS) is 14.3. The van der Waals surface area contributed by atoms with E-state index in [1.807, 2.05) is 0 Å². The van der Waals surface area contributed by atoms with Crippen molar-refractivity contribution in [3.8, 4) is 0 Å². The van der Waals surface area contributed by atoms with Gasteiger partial charge in [-0.2, -0.15) is 0 Å². The Hall–Kier alpha value is -1.94. The van der Waals surface area contributed by atoms with Gasteiger partial charge in [0, 0.05) is 25.7 Å². The number of hydrogen-bond acceptors (Lipinski definition) is 15. The molecule has 0 aliphatic carbocycles. The molecule has 0 aromatic carbocycles. The minimum atomic E-state index is -4.96. The Kier molecular flexibility index (Phi) is 70.6. The first-order valence-corrected chi connectivity index (χ1v) is 45.7. The molecule has 0 saturated carbocycles. The average Bonchev–Trinajstić information content (AvgIpc) is 0.915. The molecule has 0 aromatic heterocycles. The number of esters is 4. The molecule has 6 atom stereocenters. The van der Waals surface area contributed by atoms with E-state index in [1.165, 1.54) is 225 Å². The number of hydrogen-bond donors (Lipinski definition) is 3. The Morgan fingerprint density at radius 2 is 0.471 bits per heavy atom. The second kappa shape index (κ2) is 72.0. The highest BCUT2D eigenvalue weighted by Gasteiger charge is 2.30. The van der Waals surface area contributed by atoms with Crippen LogP contribution in [0.1, 0.15) is 428 Å². The SMILES string of the molecule is CCC(C)CCCCCCCCCCCCCCCCCCCCC(=O)O[C@H](COC(=O)CCCCCCCCCC(C)C)COP(=O)(O)OCC(O)COP(=O)(O)OC[C@@H](COC(=O)CCCCCCCCCCCCCCC(C)C)OC(=O)CCCCCCCCCCCCCCC(C)C. The summed E-state index contributed by atoms with van der Waals surface area (Å²) in [4.78, 5) is 73.1. The molecule has 4 unspecified atom stereocenters. The van der Waals surface area contributed by atoms with Crippen molar-refractivity contribution in [2.45, 2.75) is 446 Å². The van der Waals surface area contributed by atoms with Gasteiger partial charge < -0.3 is 33.8 Å². The molecular weight excluding hydrogens is 1330 g/mol. The van der Waals surface area contributed by atoms with E-state index in [2.05, 4.69) is 55.4 Å². The standard InChI is InChI=1S/C83H162O17P2/c1-9-76(8)62-54-46-38-30-24-16-14-12-10-11-13-15-17-26-32-40-49-57-65-82(87)100-79(70-94-81(86)64-56-48-42-34-37-45-53-61-75(6)7)72-98-102(91,92)96-68-77(84)67-95-101(89,90)97-71-78(99-83(88)66-58-50-41-33-27-21-19-23-29-36-44-52-60-74(4)5)69-93-80(85)63-55-47-39-31-25-20-18-22-28-35-43-51-59-73(2)3/h73-79,84H,9-72H2,1-8H3,(H,89,90)(H,91,92)/t76?,77?,78-,79-/m1/s1. The smallest absolute Gasteiger partial charge is 0.462 e. The fraction of sp³-hybridized carbons (Fsp3) is 0.952. The van der Waals surface area contributed by atoms with E-state index in [-0.39, 0.29) is 25.7 Å². The summed E-state index contributed by atoms with van der Waals surface area (Å²) in [5.41, 5.74) is 0. The molecule has 0 aromatic rings. The summed E-state index contributed by atoms with van der Waals surface area (Å²) in [5.74, 6) is 1.02. The van der Waals surface area contributed by atoms with E-state index in [0.717, 1.165) is 114 Å². The van der Waals surface area contributed by atoms with Gasteiger partial charge in [-0.15, -0.1) is 0 Å². The maximum absolute atomic E-state index is 13.1. The van der Waals surface area contributed by atoms with Crippen LogP contribution in [0.5, 0.6) is 0 Å². The Bertz CT molecular complexity index is 1990. The van der Waals surface area contributed by atoms with Crippen LogP contribution < -0.4 is 0 Å². The lowest BCUT2D eigenvalue weighted by atomic mass is 9.99. The minimum Gasteiger partial charge on any atom is -0.462 e. The molecule has 0 aliphatic rings. The molecule has 0 aliphatic heterocycles. The van der Waals surface area contributed by atoms with Gasteiger partial charge in [-0.3, -0.25) is 37.3 Å². The lowest BCUT2D eigenvalue weighted by molar-refractivity contribution is -0.161. The van der Waals surface area contributed by atoms with E-state index in [1.54, 1.807) is 0 Å². The van der Waals surface area contributed by atoms with Gasteiger partial charge in [-0.1, -0.05) is 376 Å². The zero-order valence-electron chi connectivity index (χ0n) is 67.2. The summed E-state index contributed by atoms with van der Waals surface area (Å²) in [6.07, 6.45) is 59.7. The molecule has 0 heterocycles. The van der Waals surface area contributed by atoms with Crippen molar-refractivity contribution in [3.05, 3.63) is 0 Å². The Labute approximate surface area is 626 Å². The number of phosphoric acid groups is 2. The Morgan fingerprint density at radius 1 is 0.275 bits per heavy atom. The lowest BCUT2D eigenvalue weighted by Gasteiger charge is -2.21. The van der Waals surface area contributed by atoms with Gasteiger partial charge >= 0.3 is 39.5 Å². The molecule has 0 rings (SSSR count). The van der Waals surface area contributed by atoms with Gasteiger partial charge in [0.15, 0.2) is 12.2 Å². The molecule has 19 heteroatoms. The molecule has 0 amide bonds. The largest absolute Gasteiger partial charge is 0.472 e. The summed E-state index contributed by atoms with van der Waals surface area (Å²) >= 11 is 0. The number of aliphatic hydroxyl groups excluding tert-OH is 1. The summed E-state index contributed by atoms with van der Waals surface area (Å²) in [6, 6.07) is 0. The number of aliphatic hydroxyl groups is 1. The van der Waals surface area contributed by atoms with Crippen molar-refractivity contribution in [1.29, 1.82) is 0 Å². The van der Waals surface area contributed by atoms with Crippen LogP contribution in [0, 0.1) is 23.7 Å². The van der Waals surface area contributed by atoms with Gasteiger partial charge in [0.1, 0.15) is 19.3 Å². The van der Waals surface area contributed by atoms with E-state index < -0.39 is 97.5 Å². The Morgan fingerprint density at radius 3 is 0.696 bits per heavy atom. The summed E-state index contributed by atoms with van der Waals surface area (Å²) in [6.45, 7) is 14.3. The molecule has 0 radical (unpaired) electrons. The third kappa shape index (κ3) is 74.9. The number of carbonyl (C=O) groups excluding carboxylic acids is 4. The highest BCUT2D eigenvalue weighted by molar-refractivity contribution is 7.47. The van der Waals surface area contributed by atoms with E-state index in [9.17, 15) is 43.2 Å². The van der Waals surface area contributed by atoms with E-state index in [4.69, 9.17) is 37.0 Å². The fourth-order valence-electron chi connectivity index (χ4n) is 12.8. The van der Waals surface area contributed by atoms with Crippen LogP contribution in [0.15, 0.2) is 0 Å². The molecule has 0 saturated heterocycles. The topological polar surface area (TPSA) is 237 Å². The molecule has 0 bridgehead atoms. The predicted octanol–water partition coefficient (Wildman–Crippen LogP) is 24.8. The van der Waals surface area contributed by atoms with Crippen molar-refractivity contribution >= 4 is 39.5 Å². The van der Waals surface area contributed by atoms with Crippen molar-refractivity contribution in [2.24, 2.45) is 23.7 Å².